The molecular formula is C18H19N5O2S2. The van der Waals surface area contributed by atoms with Gasteiger partial charge < -0.3 is 15.6 Å². The Bertz CT molecular complexity index is 952. The molecule has 0 radical (unpaired) electrons. The number of nitrogens with zero attached hydrogens (tertiary/aromatic N) is 3. The van der Waals surface area contributed by atoms with Crippen molar-refractivity contribution in [2.24, 2.45) is 12.8 Å². The highest BCUT2D eigenvalue weighted by molar-refractivity contribution is 8.00. The van der Waals surface area contributed by atoms with Gasteiger partial charge in [-0.3, -0.25) is 9.59 Å². The molecule has 0 fully saturated rings. The molecule has 1 atom stereocenters. The van der Waals surface area contributed by atoms with Gasteiger partial charge in [0.2, 0.25) is 5.91 Å². The summed E-state index contributed by atoms with van der Waals surface area (Å²) in [5.74, 6) is 0.0360. The third-order valence-corrected chi connectivity index (χ3v) is 5.91. The fourth-order valence-electron chi connectivity index (χ4n) is 2.41. The number of hydrogen-bond donors (Lipinski definition) is 2. The van der Waals surface area contributed by atoms with Crippen LogP contribution in [0, 0.1) is 0 Å². The van der Waals surface area contributed by atoms with Gasteiger partial charge in [-0.1, -0.05) is 42.1 Å². The van der Waals surface area contributed by atoms with Crippen LogP contribution in [0.2, 0.25) is 0 Å². The molecule has 3 aromatic rings. The summed E-state index contributed by atoms with van der Waals surface area (Å²) in [6, 6.07) is 11.6. The minimum absolute atomic E-state index is 0.224. The van der Waals surface area contributed by atoms with Gasteiger partial charge >= 0.3 is 0 Å². The maximum Gasteiger partial charge on any atom is 0.251 e. The molecule has 0 aliphatic rings. The molecule has 140 valence electrons. The number of nitrogens with two attached hydrogens (primary N) is 1. The van der Waals surface area contributed by atoms with Crippen LogP contribution in [-0.2, 0) is 18.3 Å². The summed E-state index contributed by atoms with van der Waals surface area (Å²) in [6.07, 6.45) is 0.669. The van der Waals surface area contributed by atoms with Gasteiger partial charge in [0.05, 0.1) is 10.8 Å². The van der Waals surface area contributed by atoms with Crippen molar-refractivity contribution >= 4 is 39.9 Å². The van der Waals surface area contributed by atoms with Gasteiger partial charge in [-0.15, -0.1) is 21.5 Å². The first kappa shape index (κ1) is 19.1. The SMILES string of the molecule is CC(Sc1nnc(Cc2ccccc2)n1C)C(=O)Nc1sccc1C(N)=O. The van der Waals surface area contributed by atoms with Gasteiger partial charge in [-0.2, -0.15) is 0 Å². The second kappa shape index (κ2) is 8.36. The summed E-state index contributed by atoms with van der Waals surface area (Å²) in [5, 5.41) is 13.6. The number of thiophene rings is 1. The topological polar surface area (TPSA) is 103 Å². The highest BCUT2D eigenvalue weighted by Crippen LogP contribution is 2.26. The smallest absolute Gasteiger partial charge is 0.251 e. The van der Waals surface area contributed by atoms with E-state index in [2.05, 4.69) is 15.5 Å². The summed E-state index contributed by atoms with van der Waals surface area (Å²) >= 11 is 2.57. The number of benzene rings is 1. The molecule has 0 saturated carbocycles. The first-order valence-electron chi connectivity index (χ1n) is 8.22. The van der Waals surface area contributed by atoms with Crippen molar-refractivity contribution in [3.63, 3.8) is 0 Å². The number of carbonyl (C=O) groups excluding carboxylic acids is 2. The molecule has 1 unspecified atom stereocenters. The summed E-state index contributed by atoms with van der Waals surface area (Å²) in [4.78, 5) is 23.8. The normalized spacial score (nSPS) is 11.9. The van der Waals surface area contributed by atoms with Gasteiger partial charge in [0.15, 0.2) is 5.16 Å². The number of nitrogens with one attached hydrogen (secondary N) is 1. The molecule has 2 heterocycles. The van der Waals surface area contributed by atoms with E-state index in [0.29, 0.717) is 22.1 Å². The summed E-state index contributed by atoms with van der Waals surface area (Å²) in [7, 11) is 1.88. The number of aromatic nitrogens is 3. The first-order valence-corrected chi connectivity index (χ1v) is 9.98. The van der Waals surface area contributed by atoms with E-state index < -0.39 is 11.2 Å². The molecule has 2 aromatic heterocycles. The van der Waals surface area contributed by atoms with Crippen molar-refractivity contribution in [3.05, 3.63) is 58.7 Å². The van der Waals surface area contributed by atoms with Crippen LogP contribution in [0.15, 0.2) is 46.9 Å². The zero-order chi connectivity index (χ0) is 19.4. The number of amides is 2. The molecule has 0 saturated heterocycles. The second-order valence-corrected chi connectivity index (χ2v) is 8.12. The Morgan fingerprint density at radius 1 is 1.26 bits per heavy atom. The third kappa shape index (κ3) is 4.55. The van der Waals surface area contributed by atoms with E-state index in [1.54, 1.807) is 18.4 Å². The van der Waals surface area contributed by atoms with Crippen LogP contribution in [0.3, 0.4) is 0 Å². The Morgan fingerprint density at radius 3 is 2.70 bits per heavy atom. The average Bonchev–Trinajstić information content (AvgIpc) is 3.24. The Morgan fingerprint density at radius 2 is 2.00 bits per heavy atom. The lowest BCUT2D eigenvalue weighted by Crippen LogP contribution is -2.24. The lowest BCUT2D eigenvalue weighted by atomic mass is 10.1. The van der Waals surface area contributed by atoms with Crippen molar-refractivity contribution in [1.82, 2.24) is 14.8 Å². The van der Waals surface area contributed by atoms with E-state index in [-0.39, 0.29) is 5.91 Å². The number of primary amides is 1. The maximum absolute atomic E-state index is 12.5. The molecule has 3 rings (SSSR count). The van der Waals surface area contributed by atoms with Gasteiger partial charge in [-0.05, 0) is 23.9 Å². The number of thioether (sulfide) groups is 1. The Labute approximate surface area is 165 Å². The fourth-order valence-corrected chi connectivity index (χ4v) is 4.03. The largest absolute Gasteiger partial charge is 0.366 e. The van der Waals surface area contributed by atoms with E-state index >= 15 is 0 Å². The van der Waals surface area contributed by atoms with Crippen LogP contribution in [-0.4, -0.2) is 31.8 Å². The third-order valence-electron chi connectivity index (χ3n) is 3.95. The quantitative estimate of drug-likeness (QED) is 0.593. The van der Waals surface area contributed by atoms with Crippen LogP contribution in [0.25, 0.3) is 0 Å². The minimum atomic E-state index is -0.564. The van der Waals surface area contributed by atoms with Gasteiger partial charge in [0.25, 0.3) is 5.91 Å². The van der Waals surface area contributed by atoms with Crippen LogP contribution >= 0.6 is 23.1 Å². The van der Waals surface area contributed by atoms with E-state index in [1.807, 2.05) is 41.9 Å². The van der Waals surface area contributed by atoms with E-state index in [4.69, 9.17) is 5.73 Å². The average molecular weight is 402 g/mol. The van der Waals surface area contributed by atoms with Gasteiger partial charge in [0.1, 0.15) is 10.8 Å². The molecule has 1 aromatic carbocycles. The maximum atomic E-state index is 12.5. The molecule has 0 spiro atoms. The highest BCUT2D eigenvalue weighted by Gasteiger charge is 2.21. The van der Waals surface area contributed by atoms with Crippen LogP contribution in [0.1, 0.15) is 28.7 Å². The predicted molar refractivity (Wildman–Crippen MR) is 107 cm³/mol. The van der Waals surface area contributed by atoms with E-state index in [0.717, 1.165) is 11.4 Å². The number of hydrogen-bond acceptors (Lipinski definition) is 6. The molecule has 7 nitrogen and oxygen atoms in total. The molecule has 9 heteroatoms. The monoisotopic (exact) mass is 401 g/mol. The lowest BCUT2D eigenvalue weighted by molar-refractivity contribution is -0.115. The standard InChI is InChI=1S/C18H19N5O2S2/c1-11(16(25)20-17-13(15(19)24)8-9-26-17)27-18-22-21-14(23(18)2)10-12-6-4-3-5-7-12/h3-9,11H,10H2,1-2H3,(H2,19,24)(H,20,25). The van der Waals surface area contributed by atoms with Gasteiger partial charge in [0, 0.05) is 13.5 Å². The molecule has 0 aliphatic heterocycles. The molecular weight excluding hydrogens is 382 g/mol. The Balaban J connectivity index is 1.65. The Kier molecular flexibility index (Phi) is 5.92. The fraction of sp³-hybridized carbons (Fsp3) is 0.222. The lowest BCUT2D eigenvalue weighted by Gasteiger charge is -2.11. The zero-order valence-corrected chi connectivity index (χ0v) is 16.5. The van der Waals surface area contributed by atoms with Crippen molar-refractivity contribution in [3.8, 4) is 0 Å². The van der Waals surface area contributed by atoms with Crippen LogP contribution < -0.4 is 11.1 Å². The zero-order valence-electron chi connectivity index (χ0n) is 14.9. The number of carbonyl (C=O) groups is 2. The Hall–Kier alpha value is -2.65. The van der Waals surface area contributed by atoms with Crippen molar-refractivity contribution in [2.75, 3.05) is 5.32 Å². The van der Waals surface area contributed by atoms with E-state index in [1.165, 1.54) is 23.1 Å². The van der Waals surface area contributed by atoms with E-state index in [9.17, 15) is 9.59 Å². The predicted octanol–water partition coefficient (Wildman–Crippen LogP) is 2.69. The minimum Gasteiger partial charge on any atom is -0.366 e. The number of rotatable bonds is 7. The number of anilines is 1. The molecule has 27 heavy (non-hydrogen) atoms. The molecule has 2 amide bonds. The molecule has 0 bridgehead atoms. The summed E-state index contributed by atoms with van der Waals surface area (Å²) < 4.78 is 1.89. The van der Waals surface area contributed by atoms with Crippen molar-refractivity contribution in [2.45, 2.75) is 23.8 Å². The first-order chi connectivity index (χ1) is 13.0. The van der Waals surface area contributed by atoms with Crippen molar-refractivity contribution in [1.29, 1.82) is 0 Å². The highest BCUT2D eigenvalue weighted by atomic mass is 32.2. The second-order valence-electron chi connectivity index (χ2n) is 5.90. The van der Waals surface area contributed by atoms with Crippen LogP contribution in [0.4, 0.5) is 5.00 Å². The molecule has 0 aliphatic carbocycles. The van der Waals surface area contributed by atoms with Gasteiger partial charge in [-0.25, -0.2) is 0 Å². The summed E-state index contributed by atoms with van der Waals surface area (Å²) in [6.45, 7) is 1.78. The van der Waals surface area contributed by atoms with Crippen LogP contribution in [0.5, 0.6) is 0 Å². The van der Waals surface area contributed by atoms with Crippen molar-refractivity contribution < 1.29 is 9.59 Å². The summed E-state index contributed by atoms with van der Waals surface area (Å²) in [5.41, 5.74) is 6.77. The molecule has 3 N–H and O–H groups in total.